The summed E-state index contributed by atoms with van der Waals surface area (Å²) in [6, 6.07) is 8.16. The molecule has 0 spiro atoms. The number of nitrogens with two attached hydrogens (primary N) is 1. The lowest BCUT2D eigenvalue weighted by Crippen LogP contribution is -2.65. The summed E-state index contributed by atoms with van der Waals surface area (Å²) < 4.78 is 5.61. The largest absolute Gasteiger partial charge is 0.493 e. The van der Waals surface area contributed by atoms with Gasteiger partial charge in [-0.15, -0.1) is 0 Å². The van der Waals surface area contributed by atoms with Gasteiger partial charge in [-0.1, -0.05) is 32.0 Å². The topological polar surface area (TPSA) is 64.3 Å². The number of ether oxygens (including phenoxy) is 1. The molecule has 3 rings (SSSR count). The van der Waals surface area contributed by atoms with Gasteiger partial charge in [0.15, 0.2) is 0 Å². The molecule has 1 aromatic rings. The number of carbonyl (C=O) groups is 1. The molecule has 0 bridgehead atoms. The quantitative estimate of drug-likeness (QED) is 0.864. The van der Waals surface area contributed by atoms with E-state index in [2.05, 4.69) is 19.2 Å². The molecule has 4 heteroatoms. The van der Waals surface area contributed by atoms with E-state index in [1.165, 1.54) is 0 Å². The fourth-order valence-electron chi connectivity index (χ4n) is 3.09. The van der Waals surface area contributed by atoms with Crippen LogP contribution in [0.25, 0.3) is 0 Å². The van der Waals surface area contributed by atoms with Crippen LogP contribution in [0.1, 0.15) is 38.2 Å². The number of nitrogens with one attached hydrogen (secondary N) is 1. The van der Waals surface area contributed by atoms with Gasteiger partial charge in [-0.05, 0) is 18.9 Å². The monoisotopic (exact) mass is 274 g/mol. The molecule has 3 N–H and O–H groups in total. The van der Waals surface area contributed by atoms with Crippen molar-refractivity contribution >= 4 is 5.91 Å². The summed E-state index contributed by atoms with van der Waals surface area (Å²) in [6.07, 6.45) is 1.60. The zero-order chi connectivity index (χ0) is 14.3. The predicted octanol–water partition coefficient (Wildman–Crippen LogP) is 1.79. The summed E-state index contributed by atoms with van der Waals surface area (Å²) >= 11 is 0. The van der Waals surface area contributed by atoms with E-state index in [4.69, 9.17) is 10.5 Å². The molecular weight excluding hydrogens is 252 g/mol. The van der Waals surface area contributed by atoms with Gasteiger partial charge in [-0.2, -0.15) is 0 Å². The first-order valence-corrected chi connectivity index (χ1v) is 7.28. The van der Waals surface area contributed by atoms with Crippen molar-refractivity contribution in [3.05, 3.63) is 29.8 Å². The van der Waals surface area contributed by atoms with E-state index in [1.807, 2.05) is 24.3 Å². The van der Waals surface area contributed by atoms with Crippen molar-refractivity contribution in [2.24, 2.45) is 11.1 Å². The highest BCUT2D eigenvalue weighted by molar-refractivity contribution is 5.85. The number of carbonyl (C=O) groups excluding carboxylic acids is 1. The standard InChI is InChI=1S/C16H22N2O2/c1-16(2)13(17)9-14(16)18-15(19)11-7-8-20-12-6-4-3-5-10(11)12/h3-6,11,13-14H,7-9,17H2,1-2H3,(H,18,19). The Morgan fingerprint density at radius 2 is 2.15 bits per heavy atom. The first kappa shape index (κ1) is 13.4. The molecule has 4 nitrogen and oxygen atoms in total. The zero-order valence-corrected chi connectivity index (χ0v) is 12.1. The Hall–Kier alpha value is -1.55. The molecule has 1 aliphatic carbocycles. The second-order valence-corrected chi connectivity index (χ2v) is 6.45. The summed E-state index contributed by atoms with van der Waals surface area (Å²) in [5.74, 6) is 0.835. The Morgan fingerprint density at radius 1 is 1.40 bits per heavy atom. The number of hydrogen-bond acceptors (Lipinski definition) is 3. The molecule has 1 aliphatic heterocycles. The molecule has 0 radical (unpaired) electrons. The van der Waals surface area contributed by atoms with E-state index in [1.54, 1.807) is 0 Å². The van der Waals surface area contributed by atoms with Crippen molar-refractivity contribution in [2.75, 3.05) is 6.61 Å². The Bertz CT molecular complexity index is 527. The molecule has 0 saturated heterocycles. The minimum Gasteiger partial charge on any atom is -0.493 e. The van der Waals surface area contributed by atoms with Crippen LogP contribution in [-0.4, -0.2) is 24.6 Å². The van der Waals surface area contributed by atoms with Gasteiger partial charge in [0.2, 0.25) is 5.91 Å². The average Bonchev–Trinajstić information content (AvgIpc) is 2.46. The van der Waals surface area contributed by atoms with Crippen LogP contribution >= 0.6 is 0 Å². The second kappa shape index (κ2) is 4.77. The zero-order valence-electron chi connectivity index (χ0n) is 12.1. The third-order valence-corrected chi connectivity index (χ3v) is 4.93. The fourth-order valence-corrected chi connectivity index (χ4v) is 3.09. The lowest BCUT2D eigenvalue weighted by atomic mass is 9.63. The molecule has 1 saturated carbocycles. The second-order valence-electron chi connectivity index (χ2n) is 6.45. The van der Waals surface area contributed by atoms with Gasteiger partial charge in [0.25, 0.3) is 0 Å². The number of rotatable bonds is 2. The van der Waals surface area contributed by atoms with Gasteiger partial charge in [-0.25, -0.2) is 0 Å². The molecular formula is C16H22N2O2. The van der Waals surface area contributed by atoms with Crippen molar-refractivity contribution in [1.82, 2.24) is 5.32 Å². The molecule has 1 amide bonds. The van der Waals surface area contributed by atoms with E-state index >= 15 is 0 Å². The van der Waals surface area contributed by atoms with E-state index in [0.717, 1.165) is 24.2 Å². The maximum absolute atomic E-state index is 12.6. The van der Waals surface area contributed by atoms with Crippen molar-refractivity contribution in [2.45, 2.75) is 44.7 Å². The van der Waals surface area contributed by atoms with Crippen molar-refractivity contribution < 1.29 is 9.53 Å². The number of para-hydroxylation sites is 1. The molecule has 20 heavy (non-hydrogen) atoms. The van der Waals surface area contributed by atoms with Crippen LogP contribution in [0, 0.1) is 5.41 Å². The average molecular weight is 274 g/mol. The highest BCUT2D eigenvalue weighted by atomic mass is 16.5. The molecule has 1 heterocycles. The predicted molar refractivity (Wildman–Crippen MR) is 77.6 cm³/mol. The smallest absolute Gasteiger partial charge is 0.228 e. The number of fused-ring (bicyclic) bond motifs is 1. The molecule has 2 aliphatic rings. The van der Waals surface area contributed by atoms with Gasteiger partial charge >= 0.3 is 0 Å². The summed E-state index contributed by atoms with van der Waals surface area (Å²) in [5, 5.41) is 3.17. The van der Waals surface area contributed by atoms with Gasteiger partial charge in [0, 0.05) is 23.1 Å². The maximum Gasteiger partial charge on any atom is 0.228 e. The molecule has 3 atom stereocenters. The molecule has 1 aromatic carbocycles. The van der Waals surface area contributed by atoms with Gasteiger partial charge in [0.1, 0.15) is 5.75 Å². The normalized spacial score (nSPS) is 30.6. The van der Waals surface area contributed by atoms with Gasteiger partial charge in [0.05, 0.1) is 12.5 Å². The van der Waals surface area contributed by atoms with Crippen molar-refractivity contribution in [3.8, 4) is 5.75 Å². The van der Waals surface area contributed by atoms with E-state index in [-0.39, 0.29) is 29.3 Å². The van der Waals surface area contributed by atoms with Crippen LogP contribution in [-0.2, 0) is 4.79 Å². The van der Waals surface area contributed by atoms with Gasteiger partial charge < -0.3 is 15.8 Å². The van der Waals surface area contributed by atoms with Crippen molar-refractivity contribution in [3.63, 3.8) is 0 Å². The maximum atomic E-state index is 12.6. The summed E-state index contributed by atoms with van der Waals surface area (Å²) in [4.78, 5) is 12.6. The van der Waals surface area contributed by atoms with Crippen LogP contribution in [0.4, 0.5) is 0 Å². The Kier molecular flexibility index (Phi) is 3.21. The molecule has 3 unspecified atom stereocenters. The minimum atomic E-state index is -0.104. The lowest BCUT2D eigenvalue weighted by Gasteiger charge is -2.50. The van der Waals surface area contributed by atoms with Gasteiger partial charge in [-0.3, -0.25) is 4.79 Å². The summed E-state index contributed by atoms with van der Waals surface area (Å²) in [6.45, 7) is 4.83. The summed E-state index contributed by atoms with van der Waals surface area (Å²) in [7, 11) is 0. The third kappa shape index (κ3) is 2.08. The molecule has 108 valence electrons. The number of hydrogen-bond donors (Lipinski definition) is 2. The van der Waals surface area contributed by atoms with Crippen LogP contribution in [0.15, 0.2) is 24.3 Å². The van der Waals surface area contributed by atoms with Crippen LogP contribution in [0.3, 0.4) is 0 Å². The lowest BCUT2D eigenvalue weighted by molar-refractivity contribution is -0.126. The van der Waals surface area contributed by atoms with Crippen molar-refractivity contribution in [1.29, 1.82) is 0 Å². The van der Waals surface area contributed by atoms with E-state index in [9.17, 15) is 4.79 Å². The molecule has 0 aromatic heterocycles. The Morgan fingerprint density at radius 3 is 2.85 bits per heavy atom. The Balaban J connectivity index is 1.73. The van der Waals surface area contributed by atoms with Crippen LogP contribution in [0.2, 0.25) is 0 Å². The highest BCUT2D eigenvalue weighted by Gasteiger charge is 2.47. The van der Waals surface area contributed by atoms with Crippen LogP contribution < -0.4 is 15.8 Å². The number of amides is 1. The molecule has 1 fully saturated rings. The fraction of sp³-hybridized carbons (Fsp3) is 0.562. The van der Waals surface area contributed by atoms with E-state index < -0.39 is 0 Å². The van der Waals surface area contributed by atoms with E-state index in [0.29, 0.717) is 6.61 Å². The Labute approximate surface area is 119 Å². The SMILES string of the molecule is CC1(C)C(N)CC1NC(=O)C1CCOc2ccccc21. The first-order chi connectivity index (χ1) is 9.50. The highest BCUT2D eigenvalue weighted by Crippen LogP contribution is 2.40. The third-order valence-electron chi connectivity index (χ3n) is 4.93. The minimum absolute atomic E-state index is 0.0135. The van der Waals surface area contributed by atoms with Crippen LogP contribution in [0.5, 0.6) is 5.75 Å². The first-order valence-electron chi connectivity index (χ1n) is 7.28. The summed E-state index contributed by atoms with van der Waals surface area (Å²) in [5.41, 5.74) is 6.99. The number of benzene rings is 1.